The van der Waals surface area contributed by atoms with E-state index < -0.39 is 42.5 Å². The number of aliphatic hydroxyl groups is 2. The Morgan fingerprint density at radius 1 is 1.55 bits per heavy atom. The Labute approximate surface area is 113 Å². The van der Waals surface area contributed by atoms with Crippen molar-refractivity contribution in [3.8, 4) is 12.3 Å². The number of aromatic amines is 1. The minimum Gasteiger partial charge on any atom is -0.394 e. The van der Waals surface area contributed by atoms with E-state index in [2.05, 4.69) is 10.9 Å². The van der Waals surface area contributed by atoms with Gasteiger partial charge < -0.3 is 19.9 Å². The Morgan fingerprint density at radius 3 is 2.70 bits per heavy atom. The highest BCUT2D eigenvalue weighted by Gasteiger charge is 2.46. The maximum Gasteiger partial charge on any atom is 0.254 e. The standard InChI is InChI=1S/C13H13F2NO4/c1-3-6-8(9(14)5(2)13(19)16-6)12-10(15)11(18)7(4-17)20-12/h1,7,10-12,17-18H,4H2,2H3,(H,16,19)/t7-,10+,11?,12+/m1/s1. The van der Waals surface area contributed by atoms with Gasteiger partial charge in [-0.1, -0.05) is 5.92 Å². The van der Waals surface area contributed by atoms with Crippen molar-refractivity contribution in [1.29, 1.82) is 0 Å². The number of aromatic nitrogens is 1. The lowest BCUT2D eigenvalue weighted by molar-refractivity contribution is -0.0236. The Kier molecular flexibility index (Phi) is 3.90. The van der Waals surface area contributed by atoms with Gasteiger partial charge in [0.25, 0.3) is 5.56 Å². The smallest absolute Gasteiger partial charge is 0.254 e. The van der Waals surface area contributed by atoms with E-state index in [-0.39, 0.29) is 16.8 Å². The van der Waals surface area contributed by atoms with Gasteiger partial charge in [0, 0.05) is 0 Å². The number of nitrogens with one attached hydrogen (secondary N) is 1. The third-order valence-electron chi connectivity index (χ3n) is 3.34. The maximum absolute atomic E-state index is 14.2. The molecule has 2 heterocycles. The molecule has 20 heavy (non-hydrogen) atoms. The quantitative estimate of drug-likeness (QED) is 0.665. The van der Waals surface area contributed by atoms with E-state index >= 15 is 0 Å². The first-order valence-electron chi connectivity index (χ1n) is 5.89. The number of terminal acetylenes is 1. The molecule has 7 heteroatoms. The molecule has 0 aliphatic carbocycles. The van der Waals surface area contributed by atoms with Crippen LogP contribution in [0.4, 0.5) is 8.78 Å². The summed E-state index contributed by atoms with van der Waals surface area (Å²) in [6, 6.07) is 0. The lowest BCUT2D eigenvalue weighted by Gasteiger charge is -2.17. The third kappa shape index (κ3) is 2.12. The highest BCUT2D eigenvalue weighted by atomic mass is 19.1. The first kappa shape index (κ1) is 14.7. The molecule has 1 aromatic rings. The van der Waals surface area contributed by atoms with Crippen LogP contribution in [0.15, 0.2) is 4.79 Å². The van der Waals surface area contributed by atoms with Gasteiger partial charge in [0.2, 0.25) is 0 Å². The molecular formula is C13H13F2NO4. The second-order valence-corrected chi connectivity index (χ2v) is 4.54. The highest BCUT2D eigenvalue weighted by Crippen LogP contribution is 2.37. The van der Waals surface area contributed by atoms with Crippen molar-refractivity contribution < 1.29 is 23.7 Å². The number of hydrogen-bond acceptors (Lipinski definition) is 4. The summed E-state index contributed by atoms with van der Waals surface area (Å²) >= 11 is 0. The predicted molar refractivity (Wildman–Crippen MR) is 65.3 cm³/mol. The lowest BCUT2D eigenvalue weighted by Crippen LogP contribution is -2.30. The molecule has 1 saturated heterocycles. The van der Waals surface area contributed by atoms with E-state index in [4.69, 9.17) is 16.3 Å². The zero-order valence-electron chi connectivity index (χ0n) is 10.6. The normalized spacial score (nSPS) is 29.4. The Balaban J connectivity index is 2.57. The molecule has 0 amide bonds. The summed E-state index contributed by atoms with van der Waals surface area (Å²) in [5.41, 5.74) is -1.53. The molecule has 1 fully saturated rings. The molecule has 1 aromatic heterocycles. The molecule has 4 atom stereocenters. The predicted octanol–water partition coefficient (Wildman–Crippen LogP) is -0.0651. The number of rotatable bonds is 2. The van der Waals surface area contributed by atoms with Gasteiger partial charge in [-0.3, -0.25) is 4.79 Å². The molecule has 1 unspecified atom stereocenters. The lowest BCUT2D eigenvalue weighted by atomic mass is 9.99. The van der Waals surface area contributed by atoms with Crippen LogP contribution in [0.3, 0.4) is 0 Å². The third-order valence-corrected chi connectivity index (χ3v) is 3.34. The van der Waals surface area contributed by atoms with Crippen LogP contribution < -0.4 is 5.56 Å². The van der Waals surface area contributed by atoms with Crippen LogP contribution in [0.5, 0.6) is 0 Å². The van der Waals surface area contributed by atoms with E-state index in [0.29, 0.717) is 0 Å². The first-order chi connectivity index (χ1) is 9.42. The Bertz CT molecular complexity index is 622. The summed E-state index contributed by atoms with van der Waals surface area (Å²) in [6.45, 7) is 0.605. The van der Waals surface area contributed by atoms with Gasteiger partial charge in [-0.05, 0) is 6.92 Å². The first-order valence-corrected chi connectivity index (χ1v) is 5.89. The van der Waals surface area contributed by atoms with Crippen LogP contribution in [0, 0.1) is 25.1 Å². The fourth-order valence-electron chi connectivity index (χ4n) is 2.17. The summed E-state index contributed by atoms with van der Waals surface area (Å²) < 4.78 is 33.3. The van der Waals surface area contributed by atoms with E-state index in [0.717, 1.165) is 0 Å². The molecule has 5 nitrogen and oxygen atoms in total. The van der Waals surface area contributed by atoms with Crippen molar-refractivity contribution in [3.63, 3.8) is 0 Å². The zero-order chi connectivity index (χ0) is 15.0. The molecule has 108 valence electrons. The molecular weight excluding hydrogens is 272 g/mol. The SMILES string of the molecule is C#Cc1[nH]c(=O)c(C)c(F)c1[C@@H]1O[C@H](CO)C(O)[C@@H]1F. The van der Waals surface area contributed by atoms with E-state index in [1.807, 2.05) is 0 Å². The van der Waals surface area contributed by atoms with Gasteiger partial charge in [0.1, 0.15) is 29.8 Å². The van der Waals surface area contributed by atoms with Gasteiger partial charge in [0.05, 0.1) is 17.7 Å². The molecule has 0 spiro atoms. The summed E-state index contributed by atoms with van der Waals surface area (Å²) in [5, 5.41) is 18.5. The zero-order valence-corrected chi connectivity index (χ0v) is 10.6. The van der Waals surface area contributed by atoms with Crippen molar-refractivity contribution in [1.82, 2.24) is 4.98 Å². The van der Waals surface area contributed by atoms with Crippen LogP contribution >= 0.6 is 0 Å². The molecule has 0 bridgehead atoms. The molecule has 2 rings (SSSR count). The van der Waals surface area contributed by atoms with Crippen molar-refractivity contribution >= 4 is 0 Å². The molecule has 0 saturated carbocycles. The van der Waals surface area contributed by atoms with Crippen LogP contribution in [0.1, 0.15) is 22.9 Å². The molecule has 3 N–H and O–H groups in total. The largest absolute Gasteiger partial charge is 0.394 e. The molecule has 0 radical (unpaired) electrons. The summed E-state index contributed by atoms with van der Waals surface area (Å²) in [6.07, 6.45) is -1.03. The fraction of sp³-hybridized carbons (Fsp3) is 0.462. The van der Waals surface area contributed by atoms with Crippen molar-refractivity contribution in [3.05, 3.63) is 33.0 Å². The highest BCUT2D eigenvalue weighted by molar-refractivity contribution is 5.40. The number of pyridine rings is 1. The summed E-state index contributed by atoms with van der Waals surface area (Å²) in [5.74, 6) is 1.09. The number of alkyl halides is 1. The van der Waals surface area contributed by atoms with Crippen LogP contribution in [-0.4, -0.2) is 40.2 Å². The van der Waals surface area contributed by atoms with Crippen LogP contribution in [-0.2, 0) is 4.74 Å². The average molecular weight is 285 g/mol. The van der Waals surface area contributed by atoms with E-state index in [1.165, 1.54) is 6.92 Å². The van der Waals surface area contributed by atoms with Crippen LogP contribution in [0.25, 0.3) is 0 Å². The fourth-order valence-corrected chi connectivity index (χ4v) is 2.17. The van der Waals surface area contributed by atoms with Gasteiger partial charge in [-0.15, -0.1) is 6.42 Å². The Morgan fingerprint density at radius 2 is 2.20 bits per heavy atom. The average Bonchev–Trinajstić information content (AvgIpc) is 2.72. The minimum atomic E-state index is -1.96. The summed E-state index contributed by atoms with van der Waals surface area (Å²) in [7, 11) is 0. The maximum atomic E-state index is 14.2. The molecule has 0 aromatic carbocycles. The summed E-state index contributed by atoms with van der Waals surface area (Å²) in [4.78, 5) is 13.7. The number of H-pyrrole nitrogens is 1. The number of ether oxygens (including phenoxy) is 1. The Hall–Kier alpha value is -1.75. The molecule has 1 aliphatic rings. The van der Waals surface area contributed by atoms with Crippen molar-refractivity contribution in [2.75, 3.05) is 6.61 Å². The van der Waals surface area contributed by atoms with Gasteiger partial charge in [-0.2, -0.15) is 0 Å². The van der Waals surface area contributed by atoms with Crippen molar-refractivity contribution in [2.45, 2.75) is 31.4 Å². The van der Waals surface area contributed by atoms with E-state index in [1.54, 1.807) is 0 Å². The van der Waals surface area contributed by atoms with Gasteiger partial charge in [-0.25, -0.2) is 8.78 Å². The van der Waals surface area contributed by atoms with Gasteiger partial charge in [0.15, 0.2) is 6.17 Å². The monoisotopic (exact) mass is 285 g/mol. The van der Waals surface area contributed by atoms with Crippen LogP contribution in [0.2, 0.25) is 0 Å². The number of halogens is 2. The number of aliphatic hydroxyl groups excluding tert-OH is 2. The second kappa shape index (κ2) is 5.32. The van der Waals surface area contributed by atoms with Gasteiger partial charge >= 0.3 is 0 Å². The van der Waals surface area contributed by atoms with Crippen molar-refractivity contribution in [2.24, 2.45) is 0 Å². The minimum absolute atomic E-state index is 0.239. The molecule has 1 aliphatic heterocycles. The van der Waals surface area contributed by atoms with E-state index in [9.17, 15) is 18.7 Å². The second-order valence-electron chi connectivity index (χ2n) is 4.54. The number of hydrogen-bond donors (Lipinski definition) is 3. The topological polar surface area (TPSA) is 82.6 Å².